The number of nitrogens with zero attached hydrogens (tertiary/aromatic N) is 3. The number of nitrogens with one attached hydrogen (secondary N) is 2. The van der Waals surface area contributed by atoms with Crippen molar-refractivity contribution in [3.8, 4) is 11.4 Å². The van der Waals surface area contributed by atoms with Gasteiger partial charge in [0.2, 0.25) is 0 Å². The number of carbonyl (C=O) groups is 1. The highest BCUT2D eigenvalue weighted by Gasteiger charge is 2.17. The molecule has 0 spiro atoms. The van der Waals surface area contributed by atoms with Crippen LogP contribution in [0, 0.1) is 0 Å². The minimum absolute atomic E-state index is 0.126. The number of fused-ring (bicyclic) bond motifs is 1. The Hall–Kier alpha value is -4.79. The van der Waals surface area contributed by atoms with Crippen molar-refractivity contribution in [2.45, 2.75) is 6.54 Å². The zero-order valence-corrected chi connectivity index (χ0v) is 17.2. The summed E-state index contributed by atoms with van der Waals surface area (Å²) < 4.78 is 5.83. The SMILES string of the molecule is O=C(Nc1cccc(-c2noc(=O)[nH]2)c1)c1nn(Cc2ccccc2)c(=O)c2ccccc12. The van der Waals surface area contributed by atoms with Crippen molar-refractivity contribution in [1.29, 1.82) is 0 Å². The molecule has 5 aromatic rings. The molecule has 9 nitrogen and oxygen atoms in total. The van der Waals surface area contributed by atoms with Crippen LogP contribution in [0.4, 0.5) is 5.69 Å². The molecule has 33 heavy (non-hydrogen) atoms. The Bertz CT molecular complexity index is 1580. The number of rotatable bonds is 5. The number of anilines is 1. The summed E-state index contributed by atoms with van der Waals surface area (Å²) in [6.07, 6.45) is 0. The Kier molecular flexibility index (Phi) is 5.12. The first-order valence-corrected chi connectivity index (χ1v) is 10.1. The predicted molar refractivity (Wildman–Crippen MR) is 122 cm³/mol. The molecule has 162 valence electrons. The van der Waals surface area contributed by atoms with Gasteiger partial charge in [0.05, 0.1) is 11.9 Å². The molecular formula is C24H17N5O4. The van der Waals surface area contributed by atoms with E-state index in [0.717, 1.165) is 5.56 Å². The van der Waals surface area contributed by atoms with E-state index in [1.165, 1.54) is 4.68 Å². The van der Waals surface area contributed by atoms with Crippen LogP contribution in [0.2, 0.25) is 0 Å². The highest BCUT2D eigenvalue weighted by molar-refractivity contribution is 6.11. The minimum Gasteiger partial charge on any atom is -0.321 e. The number of aromatic nitrogens is 4. The molecule has 0 saturated heterocycles. The third-order valence-corrected chi connectivity index (χ3v) is 5.09. The highest BCUT2D eigenvalue weighted by atomic mass is 16.5. The molecule has 0 atom stereocenters. The van der Waals surface area contributed by atoms with Crippen LogP contribution < -0.4 is 16.6 Å². The maximum Gasteiger partial charge on any atom is 0.439 e. The monoisotopic (exact) mass is 439 g/mol. The fourth-order valence-electron chi connectivity index (χ4n) is 3.56. The topological polar surface area (TPSA) is 123 Å². The van der Waals surface area contributed by atoms with Crippen LogP contribution in [-0.4, -0.2) is 25.8 Å². The summed E-state index contributed by atoms with van der Waals surface area (Å²) in [5.41, 5.74) is 1.77. The summed E-state index contributed by atoms with van der Waals surface area (Å²) in [5, 5.41) is 11.7. The minimum atomic E-state index is -0.671. The molecule has 0 bridgehead atoms. The lowest BCUT2D eigenvalue weighted by Crippen LogP contribution is -2.28. The van der Waals surface area contributed by atoms with Crippen molar-refractivity contribution in [3.63, 3.8) is 0 Å². The van der Waals surface area contributed by atoms with Gasteiger partial charge >= 0.3 is 5.76 Å². The summed E-state index contributed by atoms with van der Waals surface area (Å²) >= 11 is 0. The van der Waals surface area contributed by atoms with Crippen molar-refractivity contribution >= 4 is 22.4 Å². The Morgan fingerprint density at radius 2 is 1.70 bits per heavy atom. The van der Waals surface area contributed by atoms with E-state index >= 15 is 0 Å². The lowest BCUT2D eigenvalue weighted by atomic mass is 10.1. The Morgan fingerprint density at radius 3 is 2.45 bits per heavy atom. The molecule has 2 aromatic heterocycles. The van der Waals surface area contributed by atoms with Crippen LogP contribution in [-0.2, 0) is 6.54 Å². The van der Waals surface area contributed by atoms with Gasteiger partial charge in [-0.05, 0) is 23.8 Å². The summed E-state index contributed by atoms with van der Waals surface area (Å²) in [6, 6.07) is 23.1. The molecule has 9 heteroatoms. The van der Waals surface area contributed by atoms with Gasteiger partial charge in [0.15, 0.2) is 11.5 Å². The summed E-state index contributed by atoms with van der Waals surface area (Å²) in [4.78, 5) is 39.9. The van der Waals surface area contributed by atoms with Gasteiger partial charge in [-0.15, -0.1) is 0 Å². The van der Waals surface area contributed by atoms with E-state index in [9.17, 15) is 14.4 Å². The van der Waals surface area contributed by atoms with Crippen LogP contribution in [0.1, 0.15) is 16.1 Å². The molecule has 5 rings (SSSR count). The molecule has 0 saturated carbocycles. The molecule has 0 aliphatic carbocycles. The average Bonchev–Trinajstić information content (AvgIpc) is 3.28. The lowest BCUT2D eigenvalue weighted by molar-refractivity contribution is 0.102. The van der Waals surface area contributed by atoms with E-state index < -0.39 is 11.7 Å². The van der Waals surface area contributed by atoms with E-state index in [4.69, 9.17) is 0 Å². The van der Waals surface area contributed by atoms with Crippen LogP contribution in [0.15, 0.2) is 93.0 Å². The number of carbonyl (C=O) groups excluding carboxylic acids is 1. The fraction of sp³-hybridized carbons (Fsp3) is 0.0417. The molecular weight excluding hydrogens is 422 g/mol. The van der Waals surface area contributed by atoms with Gasteiger partial charge in [-0.3, -0.25) is 19.1 Å². The van der Waals surface area contributed by atoms with Crippen molar-refractivity contribution in [2.24, 2.45) is 0 Å². The van der Waals surface area contributed by atoms with E-state index in [0.29, 0.717) is 22.0 Å². The van der Waals surface area contributed by atoms with E-state index in [1.807, 2.05) is 30.3 Å². The maximum absolute atomic E-state index is 13.2. The molecule has 0 aliphatic rings. The average molecular weight is 439 g/mol. The first-order chi connectivity index (χ1) is 16.1. The number of benzene rings is 3. The Labute approximate surface area is 186 Å². The van der Waals surface area contributed by atoms with Crippen molar-refractivity contribution in [2.75, 3.05) is 5.32 Å². The van der Waals surface area contributed by atoms with Crippen LogP contribution >= 0.6 is 0 Å². The smallest absolute Gasteiger partial charge is 0.321 e. The van der Waals surface area contributed by atoms with Gasteiger partial charge in [-0.25, -0.2) is 9.48 Å². The van der Waals surface area contributed by atoms with Gasteiger partial charge in [0.25, 0.3) is 11.5 Å². The number of amides is 1. The highest BCUT2D eigenvalue weighted by Crippen LogP contribution is 2.20. The van der Waals surface area contributed by atoms with E-state index in [2.05, 4.69) is 25.1 Å². The van der Waals surface area contributed by atoms with Gasteiger partial charge in [-0.2, -0.15) is 5.10 Å². The predicted octanol–water partition coefficient (Wildman–Crippen LogP) is 3.04. The molecule has 2 heterocycles. The van der Waals surface area contributed by atoms with Gasteiger partial charge < -0.3 is 5.32 Å². The molecule has 0 fully saturated rings. The van der Waals surface area contributed by atoms with Crippen LogP contribution in [0.3, 0.4) is 0 Å². The largest absolute Gasteiger partial charge is 0.439 e. The Morgan fingerprint density at radius 1 is 0.939 bits per heavy atom. The maximum atomic E-state index is 13.2. The molecule has 0 unspecified atom stereocenters. The summed E-state index contributed by atoms with van der Waals surface area (Å²) in [6.45, 7) is 0.236. The molecule has 1 amide bonds. The number of hydrogen-bond donors (Lipinski definition) is 2. The van der Waals surface area contributed by atoms with Crippen LogP contribution in [0.25, 0.3) is 22.2 Å². The molecule has 3 aromatic carbocycles. The zero-order valence-electron chi connectivity index (χ0n) is 17.2. The Balaban J connectivity index is 1.53. The fourth-order valence-corrected chi connectivity index (χ4v) is 3.56. The normalized spacial score (nSPS) is 10.9. The zero-order chi connectivity index (χ0) is 22.8. The first-order valence-electron chi connectivity index (χ1n) is 10.1. The number of aromatic amines is 1. The van der Waals surface area contributed by atoms with Crippen LogP contribution in [0.5, 0.6) is 0 Å². The van der Waals surface area contributed by atoms with E-state index in [1.54, 1.807) is 48.5 Å². The second kappa shape index (κ2) is 8.39. The number of H-pyrrole nitrogens is 1. The van der Waals surface area contributed by atoms with Crippen molar-refractivity contribution < 1.29 is 9.32 Å². The van der Waals surface area contributed by atoms with Crippen molar-refractivity contribution in [1.82, 2.24) is 19.9 Å². The summed E-state index contributed by atoms with van der Waals surface area (Å²) in [7, 11) is 0. The lowest BCUT2D eigenvalue weighted by Gasteiger charge is -2.12. The first kappa shape index (κ1) is 20.1. The second-order valence-corrected chi connectivity index (χ2v) is 7.32. The molecule has 0 aliphatic heterocycles. The third-order valence-electron chi connectivity index (χ3n) is 5.09. The molecule has 2 N–H and O–H groups in total. The second-order valence-electron chi connectivity index (χ2n) is 7.32. The van der Waals surface area contributed by atoms with Crippen molar-refractivity contribution in [3.05, 3.63) is 111 Å². The van der Waals surface area contributed by atoms with Gasteiger partial charge in [0, 0.05) is 16.6 Å². The van der Waals surface area contributed by atoms with Gasteiger partial charge in [-0.1, -0.05) is 65.8 Å². The van der Waals surface area contributed by atoms with Gasteiger partial charge in [0.1, 0.15) is 0 Å². The van der Waals surface area contributed by atoms with E-state index in [-0.39, 0.29) is 23.6 Å². The third kappa shape index (κ3) is 4.07. The molecule has 0 radical (unpaired) electrons. The summed E-state index contributed by atoms with van der Waals surface area (Å²) in [5.74, 6) is -0.898. The number of hydrogen-bond acceptors (Lipinski definition) is 6. The quantitative estimate of drug-likeness (QED) is 0.434. The standard InChI is InChI=1S/C24H17N5O4/c30-22(25-17-10-6-9-16(13-17)21-26-24(32)33-28-21)20-18-11-4-5-12-19(18)23(31)29(27-20)14-15-7-2-1-3-8-15/h1-13H,14H2,(H,25,30)(H,26,28,32).